The number of nitrogens with one attached hydrogen (secondary N) is 2. The molecule has 2 aromatic rings. The average Bonchev–Trinajstić information content (AvgIpc) is 3.18. The van der Waals surface area contributed by atoms with E-state index in [1.54, 1.807) is 4.90 Å². The van der Waals surface area contributed by atoms with Crippen LogP contribution in [0.25, 0.3) is 0 Å². The summed E-state index contributed by atoms with van der Waals surface area (Å²) in [7, 11) is 1.81. The second-order valence-electron chi connectivity index (χ2n) is 7.26. The van der Waals surface area contributed by atoms with Crippen LogP contribution in [0.15, 0.2) is 48.5 Å². The molecule has 2 heterocycles. The van der Waals surface area contributed by atoms with Gasteiger partial charge in [0.05, 0.1) is 6.54 Å². The fraction of sp³-hybridized carbons (Fsp3) is 0.381. The van der Waals surface area contributed by atoms with Crippen LogP contribution < -0.4 is 20.3 Å². The van der Waals surface area contributed by atoms with Crippen LogP contribution in [0.3, 0.4) is 0 Å². The highest BCUT2D eigenvalue weighted by molar-refractivity contribution is 5.82. The molecule has 6 heteroatoms. The van der Waals surface area contributed by atoms with E-state index in [-0.39, 0.29) is 24.1 Å². The summed E-state index contributed by atoms with van der Waals surface area (Å²) in [6.07, 6.45) is 0.549. The number of fused-ring (bicyclic) bond motifs is 1. The minimum absolute atomic E-state index is 0.0552. The van der Waals surface area contributed by atoms with Crippen molar-refractivity contribution in [2.24, 2.45) is 0 Å². The van der Waals surface area contributed by atoms with Crippen molar-refractivity contribution < 1.29 is 14.3 Å². The lowest BCUT2D eigenvalue weighted by atomic mass is 10.0. The summed E-state index contributed by atoms with van der Waals surface area (Å²) in [6.45, 7) is 3.00. The smallest absolute Gasteiger partial charge is 0.241 e. The van der Waals surface area contributed by atoms with E-state index in [1.165, 1.54) is 11.1 Å². The number of hydrazine groups is 1. The molecule has 1 saturated heterocycles. The van der Waals surface area contributed by atoms with Gasteiger partial charge in [-0.3, -0.25) is 4.79 Å². The van der Waals surface area contributed by atoms with Crippen LogP contribution in [-0.2, 0) is 4.79 Å². The molecule has 3 atom stereocenters. The van der Waals surface area contributed by atoms with Gasteiger partial charge in [0.1, 0.15) is 12.6 Å². The summed E-state index contributed by atoms with van der Waals surface area (Å²) >= 11 is 0. The molecule has 2 N–H and O–H groups in total. The third-order valence-electron chi connectivity index (χ3n) is 5.10. The zero-order chi connectivity index (χ0) is 18.8. The van der Waals surface area contributed by atoms with Crippen LogP contribution >= 0.6 is 0 Å². The number of hydrogen-bond acceptors (Lipinski definition) is 5. The Kier molecular flexibility index (Phi) is 5.01. The van der Waals surface area contributed by atoms with Gasteiger partial charge in [-0.2, -0.15) is 0 Å². The van der Waals surface area contributed by atoms with Crippen molar-refractivity contribution in [2.45, 2.75) is 31.5 Å². The third kappa shape index (κ3) is 3.91. The van der Waals surface area contributed by atoms with E-state index in [9.17, 15) is 4.79 Å². The number of carbonyl (C=O) groups is 1. The van der Waals surface area contributed by atoms with Crippen LogP contribution in [-0.4, -0.2) is 43.2 Å². The van der Waals surface area contributed by atoms with Gasteiger partial charge in [0.25, 0.3) is 0 Å². The number of amides is 1. The van der Waals surface area contributed by atoms with Crippen LogP contribution in [0.5, 0.6) is 11.5 Å². The van der Waals surface area contributed by atoms with E-state index in [0.29, 0.717) is 13.2 Å². The van der Waals surface area contributed by atoms with E-state index < -0.39 is 0 Å². The third-order valence-corrected chi connectivity index (χ3v) is 5.10. The summed E-state index contributed by atoms with van der Waals surface area (Å²) in [5.74, 6) is 1.54. The van der Waals surface area contributed by atoms with Crippen molar-refractivity contribution in [3.63, 3.8) is 0 Å². The van der Waals surface area contributed by atoms with Crippen molar-refractivity contribution in [3.05, 3.63) is 59.7 Å². The molecule has 2 aliphatic rings. The normalized spacial score (nSPS) is 23.9. The number of benzene rings is 2. The van der Waals surface area contributed by atoms with Crippen molar-refractivity contribution in [3.8, 4) is 11.5 Å². The predicted molar refractivity (Wildman–Crippen MR) is 103 cm³/mol. The SMILES string of the molecule is Cc1ccc(C2CC(C(=O)N(C)CC3COc4ccccc4O3)NN2)cc1. The van der Waals surface area contributed by atoms with E-state index in [0.717, 1.165) is 17.9 Å². The fourth-order valence-corrected chi connectivity index (χ4v) is 3.55. The number of likely N-dealkylation sites (N-methyl/N-ethyl adjacent to an activating group) is 1. The molecule has 0 aliphatic carbocycles. The molecule has 3 unspecified atom stereocenters. The van der Waals surface area contributed by atoms with Gasteiger partial charge in [0, 0.05) is 13.1 Å². The maximum atomic E-state index is 12.8. The monoisotopic (exact) mass is 367 g/mol. The summed E-state index contributed by atoms with van der Waals surface area (Å²) in [6, 6.07) is 15.9. The van der Waals surface area contributed by atoms with Gasteiger partial charge in [0.2, 0.25) is 5.91 Å². The first kappa shape index (κ1) is 17.8. The summed E-state index contributed by atoms with van der Waals surface area (Å²) < 4.78 is 11.7. The van der Waals surface area contributed by atoms with Crippen molar-refractivity contribution in [1.82, 2.24) is 15.8 Å². The molecule has 1 amide bonds. The molecule has 142 valence electrons. The first-order valence-electron chi connectivity index (χ1n) is 9.31. The van der Waals surface area contributed by atoms with E-state index in [1.807, 2.05) is 31.3 Å². The Morgan fingerprint density at radius 3 is 2.63 bits per heavy atom. The van der Waals surface area contributed by atoms with Gasteiger partial charge < -0.3 is 14.4 Å². The Labute approximate surface area is 159 Å². The molecule has 0 bridgehead atoms. The van der Waals surface area contributed by atoms with Crippen molar-refractivity contribution >= 4 is 5.91 Å². The number of ether oxygens (including phenoxy) is 2. The van der Waals surface area contributed by atoms with Crippen LogP contribution in [0.4, 0.5) is 0 Å². The Bertz CT molecular complexity index is 809. The molecule has 2 aliphatic heterocycles. The quantitative estimate of drug-likeness (QED) is 0.868. The van der Waals surface area contributed by atoms with Gasteiger partial charge in [0.15, 0.2) is 17.6 Å². The largest absolute Gasteiger partial charge is 0.486 e. The maximum absolute atomic E-state index is 12.8. The van der Waals surface area contributed by atoms with E-state index in [2.05, 4.69) is 42.0 Å². The summed E-state index contributed by atoms with van der Waals surface area (Å²) in [4.78, 5) is 14.5. The number of rotatable bonds is 4. The average molecular weight is 367 g/mol. The molecular weight excluding hydrogens is 342 g/mol. The fourth-order valence-electron chi connectivity index (χ4n) is 3.55. The molecule has 6 nitrogen and oxygen atoms in total. The van der Waals surface area contributed by atoms with Gasteiger partial charge in [-0.05, 0) is 31.0 Å². The minimum Gasteiger partial charge on any atom is -0.486 e. The highest BCUT2D eigenvalue weighted by Gasteiger charge is 2.33. The predicted octanol–water partition coefficient (Wildman–Crippen LogP) is 2.20. The van der Waals surface area contributed by atoms with Gasteiger partial charge in [-0.25, -0.2) is 10.9 Å². The van der Waals surface area contributed by atoms with Gasteiger partial charge in [-0.15, -0.1) is 0 Å². The Hall–Kier alpha value is -2.57. The number of nitrogens with zero attached hydrogens (tertiary/aromatic N) is 1. The Morgan fingerprint density at radius 1 is 1.11 bits per heavy atom. The molecule has 0 spiro atoms. The van der Waals surface area contributed by atoms with Crippen molar-refractivity contribution in [1.29, 1.82) is 0 Å². The van der Waals surface area contributed by atoms with Gasteiger partial charge >= 0.3 is 0 Å². The molecular formula is C21H25N3O3. The molecule has 27 heavy (non-hydrogen) atoms. The second-order valence-corrected chi connectivity index (χ2v) is 7.26. The lowest BCUT2D eigenvalue weighted by Crippen LogP contribution is -2.48. The van der Waals surface area contributed by atoms with Crippen LogP contribution in [0.1, 0.15) is 23.6 Å². The van der Waals surface area contributed by atoms with E-state index >= 15 is 0 Å². The van der Waals surface area contributed by atoms with Crippen LogP contribution in [0.2, 0.25) is 0 Å². The summed E-state index contributed by atoms with van der Waals surface area (Å²) in [5, 5.41) is 0. The zero-order valence-corrected chi connectivity index (χ0v) is 15.6. The first-order chi connectivity index (χ1) is 13.1. The highest BCUT2D eigenvalue weighted by atomic mass is 16.6. The maximum Gasteiger partial charge on any atom is 0.241 e. The zero-order valence-electron chi connectivity index (χ0n) is 15.6. The van der Waals surface area contributed by atoms with Crippen molar-refractivity contribution in [2.75, 3.05) is 20.2 Å². The topological polar surface area (TPSA) is 62.8 Å². The lowest BCUT2D eigenvalue weighted by Gasteiger charge is -2.30. The number of hydrogen-bond donors (Lipinski definition) is 2. The van der Waals surface area contributed by atoms with E-state index in [4.69, 9.17) is 9.47 Å². The minimum atomic E-state index is -0.252. The van der Waals surface area contributed by atoms with Crippen LogP contribution in [0, 0.1) is 6.92 Å². The molecule has 0 aromatic heterocycles. The second kappa shape index (κ2) is 7.58. The Morgan fingerprint density at radius 2 is 1.85 bits per heavy atom. The lowest BCUT2D eigenvalue weighted by molar-refractivity contribution is -0.133. The first-order valence-corrected chi connectivity index (χ1v) is 9.31. The summed E-state index contributed by atoms with van der Waals surface area (Å²) in [5.41, 5.74) is 8.80. The number of aryl methyl sites for hydroxylation is 1. The molecule has 1 fully saturated rings. The highest BCUT2D eigenvalue weighted by Crippen LogP contribution is 2.31. The number of para-hydroxylation sites is 2. The molecule has 4 rings (SSSR count). The molecule has 2 aromatic carbocycles. The number of carbonyl (C=O) groups excluding carboxylic acids is 1. The van der Waals surface area contributed by atoms with Gasteiger partial charge in [-0.1, -0.05) is 42.0 Å². The molecule has 0 saturated carbocycles. The standard InChI is InChI=1S/C21H25N3O3/c1-14-7-9-15(10-8-14)17-11-18(23-22-17)21(25)24(2)12-16-13-26-19-5-3-4-6-20(19)27-16/h3-10,16-18,22-23H,11-13H2,1-2H3. The molecule has 0 radical (unpaired) electrons. The Balaban J connectivity index is 1.32.